The summed E-state index contributed by atoms with van der Waals surface area (Å²) in [6.45, 7) is -1.05. The summed E-state index contributed by atoms with van der Waals surface area (Å²) in [6.07, 6.45) is -1.92. The average Bonchev–Trinajstić information content (AvgIpc) is 2.76. The van der Waals surface area contributed by atoms with Crippen LogP contribution in [0.15, 0.2) is 24.3 Å². The van der Waals surface area contributed by atoms with E-state index < -0.39 is 79.2 Å². The van der Waals surface area contributed by atoms with Gasteiger partial charge in [0.2, 0.25) is 17.7 Å². The topological polar surface area (TPSA) is 266 Å². The Morgan fingerprint density at radius 3 is 1.69 bits per heavy atom. The molecule has 1 rings (SSSR count). The molecule has 0 radical (unpaired) electrons. The second-order valence-electron chi connectivity index (χ2n) is 7.38. The highest BCUT2D eigenvalue weighted by atomic mass is 16.4. The summed E-state index contributed by atoms with van der Waals surface area (Å²) in [6, 6.07) is -0.838. The van der Waals surface area contributed by atoms with Crippen LogP contribution in [0.25, 0.3) is 0 Å². The minimum Gasteiger partial charge on any atom is -0.508 e. The third-order valence-corrected chi connectivity index (χ3v) is 4.55. The number of aromatic hydroxyl groups is 1. The second-order valence-corrected chi connectivity index (χ2v) is 7.38. The Hall–Kier alpha value is -4.24. The Kier molecular flexibility index (Phi) is 11.1. The molecule has 3 amide bonds. The van der Waals surface area contributed by atoms with E-state index in [1.165, 1.54) is 24.3 Å². The summed E-state index contributed by atoms with van der Waals surface area (Å²) in [5, 5.41) is 51.5. The van der Waals surface area contributed by atoms with Crippen LogP contribution in [0.5, 0.6) is 5.75 Å². The number of phenols is 1. The van der Waals surface area contributed by atoms with Crippen molar-refractivity contribution in [2.45, 2.75) is 43.4 Å². The summed E-state index contributed by atoms with van der Waals surface area (Å²) >= 11 is 0. The molecule has 0 aliphatic rings. The number of hydrogen-bond donors (Lipinski definition) is 9. The number of nitrogens with two attached hydrogens (primary N) is 1. The lowest BCUT2D eigenvalue weighted by Gasteiger charge is -2.23. The number of carboxylic acid groups (broad SMARTS) is 3. The van der Waals surface area contributed by atoms with E-state index in [-0.39, 0.29) is 12.2 Å². The minimum atomic E-state index is -1.86. The number of aliphatic carboxylic acids is 3. The number of carbonyl (C=O) groups is 6. The van der Waals surface area contributed by atoms with E-state index in [1.807, 2.05) is 10.6 Å². The van der Waals surface area contributed by atoms with Gasteiger partial charge in [0.25, 0.3) is 0 Å². The number of carbonyl (C=O) groups excluding carboxylic acids is 3. The number of amides is 3. The molecule has 35 heavy (non-hydrogen) atoms. The Morgan fingerprint density at radius 2 is 1.20 bits per heavy atom. The molecule has 0 fully saturated rings. The first kappa shape index (κ1) is 28.8. The Balaban J connectivity index is 2.87. The van der Waals surface area contributed by atoms with E-state index in [0.717, 1.165) is 0 Å². The number of aliphatic hydroxyl groups excluding tert-OH is 1. The lowest BCUT2D eigenvalue weighted by molar-refractivity contribution is -0.147. The molecule has 0 saturated carbocycles. The largest absolute Gasteiger partial charge is 0.508 e. The van der Waals surface area contributed by atoms with Gasteiger partial charge in [0.1, 0.15) is 23.9 Å². The normalized spacial score (nSPS) is 14.0. The molecule has 192 valence electrons. The molecular formula is C20H26N4O11. The molecule has 4 atom stereocenters. The van der Waals surface area contributed by atoms with Gasteiger partial charge in [0.05, 0.1) is 25.5 Å². The van der Waals surface area contributed by atoms with Gasteiger partial charge in [-0.3, -0.25) is 24.0 Å². The average molecular weight is 498 g/mol. The van der Waals surface area contributed by atoms with E-state index in [9.17, 15) is 39.0 Å². The molecule has 15 nitrogen and oxygen atoms in total. The van der Waals surface area contributed by atoms with Crippen LogP contribution in [0.4, 0.5) is 0 Å². The fourth-order valence-electron chi connectivity index (χ4n) is 2.75. The van der Waals surface area contributed by atoms with Crippen LogP contribution < -0.4 is 21.7 Å². The number of hydrogen-bond acceptors (Lipinski definition) is 9. The highest BCUT2D eigenvalue weighted by molar-refractivity contribution is 5.96. The highest BCUT2D eigenvalue weighted by Gasteiger charge is 2.31. The first-order valence-electron chi connectivity index (χ1n) is 10.1. The smallest absolute Gasteiger partial charge is 0.326 e. The number of rotatable bonds is 14. The van der Waals surface area contributed by atoms with E-state index in [1.54, 1.807) is 0 Å². The van der Waals surface area contributed by atoms with Crippen molar-refractivity contribution in [3.05, 3.63) is 29.8 Å². The molecule has 1 aromatic carbocycles. The van der Waals surface area contributed by atoms with Gasteiger partial charge < -0.3 is 47.2 Å². The van der Waals surface area contributed by atoms with Gasteiger partial charge in [0.15, 0.2) is 0 Å². The first-order valence-corrected chi connectivity index (χ1v) is 10.1. The molecule has 0 aliphatic heterocycles. The molecule has 0 heterocycles. The zero-order chi connectivity index (χ0) is 26.7. The van der Waals surface area contributed by atoms with Crippen molar-refractivity contribution in [2.75, 3.05) is 6.61 Å². The predicted octanol–water partition coefficient (Wildman–Crippen LogP) is -3.26. The number of carboxylic acids is 3. The van der Waals surface area contributed by atoms with Crippen molar-refractivity contribution in [1.82, 2.24) is 16.0 Å². The van der Waals surface area contributed by atoms with Crippen LogP contribution in [0, 0.1) is 0 Å². The van der Waals surface area contributed by atoms with E-state index in [0.29, 0.717) is 5.56 Å². The molecular weight excluding hydrogens is 472 g/mol. The summed E-state index contributed by atoms with van der Waals surface area (Å²) in [5.74, 6) is -8.06. The van der Waals surface area contributed by atoms with Gasteiger partial charge in [-0.25, -0.2) is 4.79 Å². The van der Waals surface area contributed by atoms with Gasteiger partial charge in [-0.05, 0) is 24.1 Å². The maximum Gasteiger partial charge on any atom is 0.326 e. The van der Waals surface area contributed by atoms with Gasteiger partial charge in [0, 0.05) is 0 Å². The third-order valence-electron chi connectivity index (χ3n) is 4.55. The summed E-state index contributed by atoms with van der Waals surface area (Å²) in [7, 11) is 0. The van der Waals surface area contributed by atoms with Gasteiger partial charge in [-0.1, -0.05) is 12.1 Å². The van der Waals surface area contributed by atoms with Crippen LogP contribution in [0.1, 0.15) is 18.4 Å². The van der Waals surface area contributed by atoms with Crippen LogP contribution in [-0.2, 0) is 35.2 Å². The van der Waals surface area contributed by atoms with Crippen molar-refractivity contribution in [3.63, 3.8) is 0 Å². The lowest BCUT2D eigenvalue weighted by Crippen LogP contribution is -2.58. The number of benzene rings is 1. The Labute approximate surface area is 197 Å². The highest BCUT2D eigenvalue weighted by Crippen LogP contribution is 2.11. The van der Waals surface area contributed by atoms with Crippen molar-refractivity contribution in [2.24, 2.45) is 5.73 Å². The molecule has 0 aliphatic carbocycles. The van der Waals surface area contributed by atoms with Crippen molar-refractivity contribution in [3.8, 4) is 5.75 Å². The third kappa shape index (κ3) is 10.1. The fourth-order valence-corrected chi connectivity index (χ4v) is 2.75. The maximum absolute atomic E-state index is 12.5. The summed E-state index contributed by atoms with van der Waals surface area (Å²) in [4.78, 5) is 70.2. The number of nitrogens with one attached hydrogen (secondary N) is 3. The van der Waals surface area contributed by atoms with Gasteiger partial charge in [-0.2, -0.15) is 0 Å². The van der Waals surface area contributed by atoms with Gasteiger partial charge >= 0.3 is 17.9 Å². The molecule has 0 spiro atoms. The fraction of sp³-hybridized carbons (Fsp3) is 0.400. The quantitative estimate of drug-likeness (QED) is 0.122. The maximum atomic E-state index is 12.5. The van der Waals surface area contributed by atoms with Crippen molar-refractivity contribution < 1.29 is 54.3 Å². The summed E-state index contributed by atoms with van der Waals surface area (Å²) < 4.78 is 0. The summed E-state index contributed by atoms with van der Waals surface area (Å²) in [5.41, 5.74) is 6.37. The number of phenolic OH excluding ortho intramolecular Hbond substituents is 1. The van der Waals surface area contributed by atoms with Gasteiger partial charge in [-0.15, -0.1) is 0 Å². The molecule has 0 aromatic heterocycles. The number of aliphatic hydroxyl groups is 1. The SMILES string of the molecule is NC(Cc1ccc(O)cc1)C(=O)NC(CC(=O)O)C(=O)NC(CO)C(=O)NC(CC(=O)O)C(=O)O. The van der Waals surface area contributed by atoms with Crippen LogP contribution >= 0.6 is 0 Å². The van der Waals surface area contributed by atoms with E-state index in [2.05, 4.69) is 5.32 Å². The van der Waals surface area contributed by atoms with Crippen LogP contribution in [0.3, 0.4) is 0 Å². The van der Waals surface area contributed by atoms with E-state index >= 15 is 0 Å². The van der Waals surface area contributed by atoms with Crippen molar-refractivity contribution >= 4 is 35.6 Å². The standard InChI is InChI=1S/C20H26N4O11/c21-11(5-9-1-3-10(26)4-2-9)17(31)22-12(6-15(27)28)18(32)24-14(8-25)19(33)23-13(20(34)35)7-16(29)30/h1-4,11-14,25-26H,5-8,21H2,(H,22,31)(H,23,33)(H,24,32)(H,27,28)(H,29,30)(H,34,35). The molecule has 0 saturated heterocycles. The zero-order valence-electron chi connectivity index (χ0n) is 18.2. The van der Waals surface area contributed by atoms with E-state index in [4.69, 9.17) is 21.1 Å². The molecule has 10 N–H and O–H groups in total. The van der Waals surface area contributed by atoms with Crippen LogP contribution in [-0.4, -0.2) is 91.9 Å². The molecule has 4 unspecified atom stereocenters. The predicted molar refractivity (Wildman–Crippen MR) is 115 cm³/mol. The minimum absolute atomic E-state index is 0.00919. The zero-order valence-corrected chi connectivity index (χ0v) is 18.2. The van der Waals surface area contributed by atoms with Crippen LogP contribution in [0.2, 0.25) is 0 Å². The lowest BCUT2D eigenvalue weighted by atomic mass is 10.0. The molecule has 15 heteroatoms. The Bertz CT molecular complexity index is 951. The monoisotopic (exact) mass is 498 g/mol. The Morgan fingerprint density at radius 1 is 0.743 bits per heavy atom. The first-order chi connectivity index (χ1) is 16.3. The molecule has 1 aromatic rings. The van der Waals surface area contributed by atoms with Crippen molar-refractivity contribution in [1.29, 1.82) is 0 Å². The molecule has 0 bridgehead atoms. The second kappa shape index (κ2) is 13.5.